The maximum atomic E-state index is 12.2. The summed E-state index contributed by atoms with van der Waals surface area (Å²) in [4.78, 5) is 12.2. The van der Waals surface area contributed by atoms with Crippen molar-refractivity contribution in [3.63, 3.8) is 0 Å². The number of ether oxygens (including phenoxy) is 1. The SMILES string of the molecule is COCCCNC(=O)C(C)N(c1ccc(Cl)cc1)S(C)(=O)=O. The van der Waals surface area contributed by atoms with Crippen LogP contribution in [0.25, 0.3) is 0 Å². The molecule has 0 heterocycles. The lowest BCUT2D eigenvalue weighted by molar-refractivity contribution is -0.121. The number of sulfonamides is 1. The zero-order valence-corrected chi connectivity index (χ0v) is 14.4. The standard InChI is InChI=1S/C14H21ClN2O4S/c1-11(14(18)16-9-4-10-21-2)17(22(3,19)20)13-7-5-12(15)6-8-13/h5-8,11H,4,9-10H2,1-3H3,(H,16,18). The number of methoxy groups -OCH3 is 1. The van der Waals surface area contributed by atoms with Gasteiger partial charge in [0.05, 0.1) is 11.9 Å². The largest absolute Gasteiger partial charge is 0.385 e. The molecule has 1 aromatic carbocycles. The van der Waals surface area contributed by atoms with E-state index in [1.165, 1.54) is 0 Å². The van der Waals surface area contributed by atoms with Gasteiger partial charge in [0.1, 0.15) is 6.04 Å². The number of nitrogens with zero attached hydrogens (tertiary/aromatic N) is 1. The lowest BCUT2D eigenvalue weighted by Crippen LogP contribution is -2.48. The van der Waals surface area contributed by atoms with Crippen LogP contribution in [0.1, 0.15) is 13.3 Å². The van der Waals surface area contributed by atoms with Gasteiger partial charge in [0.25, 0.3) is 0 Å². The maximum absolute atomic E-state index is 12.2. The molecule has 1 rings (SSSR count). The minimum absolute atomic E-state index is 0.364. The zero-order chi connectivity index (χ0) is 16.8. The van der Waals surface area contributed by atoms with Crippen molar-refractivity contribution in [3.8, 4) is 0 Å². The molecule has 0 radical (unpaired) electrons. The van der Waals surface area contributed by atoms with E-state index in [1.807, 2.05) is 0 Å². The van der Waals surface area contributed by atoms with E-state index in [4.69, 9.17) is 16.3 Å². The molecular formula is C14H21ClN2O4S. The van der Waals surface area contributed by atoms with Crippen molar-refractivity contribution < 1.29 is 17.9 Å². The van der Waals surface area contributed by atoms with Crippen LogP contribution in [0.3, 0.4) is 0 Å². The number of carbonyl (C=O) groups is 1. The highest BCUT2D eigenvalue weighted by Gasteiger charge is 2.28. The monoisotopic (exact) mass is 348 g/mol. The fourth-order valence-corrected chi connectivity index (χ4v) is 3.27. The summed E-state index contributed by atoms with van der Waals surface area (Å²) in [6, 6.07) is 5.44. The van der Waals surface area contributed by atoms with Gasteiger partial charge in [-0.15, -0.1) is 0 Å². The minimum Gasteiger partial charge on any atom is -0.385 e. The van der Waals surface area contributed by atoms with E-state index >= 15 is 0 Å². The van der Waals surface area contributed by atoms with Crippen LogP contribution in [0.5, 0.6) is 0 Å². The Bertz CT molecular complexity index is 589. The number of nitrogens with one attached hydrogen (secondary N) is 1. The van der Waals surface area contributed by atoms with Crippen molar-refractivity contribution in [2.24, 2.45) is 0 Å². The molecule has 0 saturated heterocycles. The second-order valence-corrected chi connectivity index (χ2v) is 7.14. The van der Waals surface area contributed by atoms with Crippen LogP contribution < -0.4 is 9.62 Å². The Morgan fingerprint density at radius 3 is 2.45 bits per heavy atom. The molecule has 124 valence electrons. The third kappa shape index (κ3) is 5.47. The van der Waals surface area contributed by atoms with Gasteiger partial charge < -0.3 is 10.1 Å². The molecule has 8 heteroatoms. The highest BCUT2D eigenvalue weighted by Crippen LogP contribution is 2.22. The number of rotatable bonds is 8. The first-order valence-electron chi connectivity index (χ1n) is 6.79. The Morgan fingerprint density at radius 2 is 1.95 bits per heavy atom. The third-order valence-electron chi connectivity index (χ3n) is 2.99. The molecule has 1 unspecified atom stereocenters. The molecule has 1 amide bonds. The van der Waals surface area contributed by atoms with Gasteiger partial charge in [-0.25, -0.2) is 8.42 Å². The van der Waals surface area contributed by atoms with Crippen molar-refractivity contribution >= 4 is 33.2 Å². The van der Waals surface area contributed by atoms with Gasteiger partial charge in [-0.2, -0.15) is 0 Å². The van der Waals surface area contributed by atoms with Crippen LogP contribution in [0.2, 0.25) is 5.02 Å². The smallest absolute Gasteiger partial charge is 0.243 e. The Hall–Kier alpha value is -1.31. The number of anilines is 1. The second kappa shape index (κ2) is 8.36. The van der Waals surface area contributed by atoms with Crippen molar-refractivity contribution in [2.45, 2.75) is 19.4 Å². The fourth-order valence-electron chi connectivity index (χ4n) is 1.97. The molecular weight excluding hydrogens is 328 g/mol. The molecule has 0 spiro atoms. The minimum atomic E-state index is -3.61. The van der Waals surface area contributed by atoms with Crippen molar-refractivity contribution in [2.75, 3.05) is 30.8 Å². The Morgan fingerprint density at radius 1 is 1.36 bits per heavy atom. The van der Waals surface area contributed by atoms with Gasteiger partial charge in [0.15, 0.2) is 0 Å². The van der Waals surface area contributed by atoms with Crippen LogP contribution in [0.15, 0.2) is 24.3 Å². The zero-order valence-electron chi connectivity index (χ0n) is 12.9. The van der Waals surface area contributed by atoms with Gasteiger partial charge in [0, 0.05) is 25.3 Å². The normalized spacial score (nSPS) is 12.7. The molecule has 0 aliphatic rings. The topological polar surface area (TPSA) is 75.7 Å². The summed E-state index contributed by atoms with van der Waals surface area (Å²) in [5.74, 6) is -0.364. The van der Waals surface area contributed by atoms with Gasteiger partial charge in [0.2, 0.25) is 15.9 Å². The Kier molecular flexibility index (Phi) is 7.12. The van der Waals surface area contributed by atoms with E-state index in [0.717, 1.165) is 10.6 Å². The third-order valence-corrected chi connectivity index (χ3v) is 4.49. The van der Waals surface area contributed by atoms with Crippen LogP contribution in [0, 0.1) is 0 Å². The molecule has 0 aromatic heterocycles. The number of carbonyl (C=O) groups excluding carboxylic acids is 1. The summed E-state index contributed by atoms with van der Waals surface area (Å²) in [5, 5.41) is 3.19. The lowest BCUT2D eigenvalue weighted by Gasteiger charge is -2.28. The van der Waals surface area contributed by atoms with E-state index in [1.54, 1.807) is 38.3 Å². The fraction of sp³-hybridized carbons (Fsp3) is 0.500. The first kappa shape index (κ1) is 18.7. The molecule has 1 atom stereocenters. The van der Waals surface area contributed by atoms with Crippen LogP contribution >= 0.6 is 11.6 Å². The van der Waals surface area contributed by atoms with Crippen LogP contribution in [0.4, 0.5) is 5.69 Å². The first-order valence-corrected chi connectivity index (χ1v) is 9.01. The summed E-state index contributed by atoms with van der Waals surface area (Å²) in [5.41, 5.74) is 0.395. The van der Waals surface area contributed by atoms with E-state index in [0.29, 0.717) is 30.3 Å². The molecule has 6 nitrogen and oxygen atoms in total. The van der Waals surface area contributed by atoms with Crippen molar-refractivity contribution in [1.82, 2.24) is 5.32 Å². The molecule has 22 heavy (non-hydrogen) atoms. The number of benzene rings is 1. The summed E-state index contributed by atoms with van der Waals surface area (Å²) >= 11 is 5.81. The van der Waals surface area contributed by atoms with Crippen molar-refractivity contribution in [3.05, 3.63) is 29.3 Å². The number of halogens is 1. The summed E-state index contributed by atoms with van der Waals surface area (Å²) in [6.07, 6.45) is 1.73. The lowest BCUT2D eigenvalue weighted by atomic mass is 10.2. The first-order chi connectivity index (χ1) is 10.3. The van der Waals surface area contributed by atoms with E-state index < -0.39 is 16.1 Å². The Labute approximate surface area is 136 Å². The molecule has 0 aliphatic carbocycles. The predicted molar refractivity (Wildman–Crippen MR) is 87.7 cm³/mol. The molecule has 0 bridgehead atoms. The molecule has 0 saturated carbocycles. The average Bonchev–Trinajstić information content (AvgIpc) is 2.44. The average molecular weight is 349 g/mol. The number of hydrogen-bond donors (Lipinski definition) is 1. The second-order valence-electron chi connectivity index (χ2n) is 4.85. The van der Waals surface area contributed by atoms with Gasteiger partial charge >= 0.3 is 0 Å². The predicted octanol–water partition coefficient (Wildman–Crippen LogP) is 1.65. The molecule has 0 fully saturated rings. The van der Waals surface area contributed by atoms with Gasteiger partial charge in [-0.05, 0) is 37.6 Å². The number of amides is 1. The highest BCUT2D eigenvalue weighted by molar-refractivity contribution is 7.92. The molecule has 1 aromatic rings. The quantitative estimate of drug-likeness (QED) is 0.725. The van der Waals surface area contributed by atoms with Crippen molar-refractivity contribution in [1.29, 1.82) is 0 Å². The van der Waals surface area contributed by atoms with Gasteiger partial charge in [-0.1, -0.05) is 11.6 Å². The van der Waals surface area contributed by atoms with E-state index in [2.05, 4.69) is 5.32 Å². The molecule has 1 N–H and O–H groups in total. The highest BCUT2D eigenvalue weighted by atomic mass is 35.5. The molecule has 0 aliphatic heterocycles. The van der Waals surface area contributed by atoms with E-state index in [-0.39, 0.29) is 5.91 Å². The van der Waals surface area contributed by atoms with Crippen LogP contribution in [-0.2, 0) is 19.6 Å². The summed E-state index contributed by atoms with van der Waals surface area (Å²) in [6.45, 7) is 2.50. The summed E-state index contributed by atoms with van der Waals surface area (Å²) in [7, 11) is -2.03. The maximum Gasteiger partial charge on any atom is 0.243 e. The van der Waals surface area contributed by atoms with Crippen LogP contribution in [-0.4, -0.2) is 46.9 Å². The Balaban J connectivity index is 2.88. The summed E-state index contributed by atoms with van der Waals surface area (Å²) < 4.78 is 30.0. The van der Waals surface area contributed by atoms with Gasteiger partial charge in [-0.3, -0.25) is 9.10 Å². The number of hydrogen-bond acceptors (Lipinski definition) is 4. The van der Waals surface area contributed by atoms with E-state index in [9.17, 15) is 13.2 Å².